The molecular weight excluding hydrogens is 446 g/mol. The van der Waals surface area contributed by atoms with Crippen LogP contribution in [0.5, 0.6) is 5.75 Å². The van der Waals surface area contributed by atoms with Crippen LogP contribution in [0, 0.1) is 0 Å². The second-order valence-electron chi connectivity index (χ2n) is 8.61. The summed E-state index contributed by atoms with van der Waals surface area (Å²) in [4.78, 5) is 18.8. The van der Waals surface area contributed by atoms with E-state index < -0.39 is 0 Å². The quantitative estimate of drug-likeness (QED) is 0.276. The number of rotatable bonds is 8. The molecular formula is C26H29N5O2S. The lowest BCUT2D eigenvalue weighted by molar-refractivity contribution is 0.102. The number of carbonyl (C=O) groups is 1. The summed E-state index contributed by atoms with van der Waals surface area (Å²) in [5.41, 5.74) is 2.64. The van der Waals surface area contributed by atoms with Crippen molar-refractivity contribution in [1.82, 2.24) is 24.6 Å². The molecule has 0 unspecified atom stereocenters. The molecule has 1 aliphatic heterocycles. The first-order valence-electron chi connectivity index (χ1n) is 11.7. The number of benzene rings is 2. The molecule has 0 aliphatic carbocycles. The zero-order chi connectivity index (χ0) is 23.5. The van der Waals surface area contributed by atoms with Gasteiger partial charge in [-0.3, -0.25) is 14.3 Å². The van der Waals surface area contributed by atoms with E-state index in [1.807, 2.05) is 48.5 Å². The number of aromatic nitrogens is 4. The molecule has 0 amide bonds. The molecule has 0 spiro atoms. The number of nitrogens with zero attached hydrogens (tertiary/aromatic N) is 4. The second kappa shape index (κ2) is 10.0. The van der Waals surface area contributed by atoms with Gasteiger partial charge in [0.1, 0.15) is 5.75 Å². The molecule has 0 radical (unpaired) electrons. The lowest BCUT2D eigenvalue weighted by atomic mass is 10.1. The Morgan fingerprint density at radius 3 is 2.62 bits per heavy atom. The second-order valence-corrected chi connectivity index (χ2v) is 9.55. The monoisotopic (exact) mass is 475 g/mol. The van der Waals surface area contributed by atoms with Crippen molar-refractivity contribution in [3.63, 3.8) is 0 Å². The number of para-hydroxylation sites is 1. The van der Waals surface area contributed by atoms with Gasteiger partial charge in [-0.2, -0.15) is 0 Å². The highest BCUT2D eigenvalue weighted by molar-refractivity contribution is 7.99. The third kappa shape index (κ3) is 4.48. The van der Waals surface area contributed by atoms with Crippen molar-refractivity contribution >= 4 is 28.4 Å². The average Bonchev–Trinajstić information content (AvgIpc) is 3.52. The summed E-state index contributed by atoms with van der Waals surface area (Å²) in [5, 5.41) is 10.8. The van der Waals surface area contributed by atoms with Gasteiger partial charge in [0, 0.05) is 28.4 Å². The third-order valence-corrected chi connectivity index (χ3v) is 7.45. The maximum Gasteiger partial charge on any atom is 0.196 e. The van der Waals surface area contributed by atoms with Crippen LogP contribution in [0.3, 0.4) is 0 Å². The van der Waals surface area contributed by atoms with Gasteiger partial charge < -0.3 is 9.72 Å². The van der Waals surface area contributed by atoms with E-state index in [4.69, 9.17) is 4.74 Å². The number of hydrogen-bond donors (Lipinski definition) is 1. The number of likely N-dealkylation sites (tertiary alicyclic amines) is 1. The van der Waals surface area contributed by atoms with Gasteiger partial charge in [-0.15, -0.1) is 10.2 Å². The molecule has 2 aromatic carbocycles. The first-order valence-corrected chi connectivity index (χ1v) is 12.7. The van der Waals surface area contributed by atoms with Gasteiger partial charge in [-0.1, -0.05) is 36.4 Å². The molecule has 2 aromatic heterocycles. The zero-order valence-electron chi connectivity index (χ0n) is 19.5. The minimum atomic E-state index is 0.0670. The topological polar surface area (TPSA) is 76.0 Å². The smallest absolute Gasteiger partial charge is 0.196 e. The number of Topliss-reactive ketones (excluding diaryl/α,β-unsaturated/α-hetero) is 1. The highest BCUT2D eigenvalue weighted by Gasteiger charge is 2.26. The first-order chi connectivity index (χ1) is 16.7. The standard InChI is InChI=1S/C26H29N5O2S/c1-18(30-14-6-3-7-15-30)25-28-29-26(31(25)19-10-12-20(33-2)13-11-19)34-17-24(32)22-16-27-23-9-5-4-8-21(22)23/h4-5,8-13,16,18,27H,3,6-7,14-15,17H2,1-2H3/t18-/m1/s1. The number of aromatic amines is 1. The minimum absolute atomic E-state index is 0.0670. The van der Waals surface area contributed by atoms with Crippen LogP contribution in [0.25, 0.3) is 16.6 Å². The number of fused-ring (bicyclic) bond motifs is 1. The molecule has 176 valence electrons. The van der Waals surface area contributed by atoms with Gasteiger partial charge in [-0.05, 0) is 63.2 Å². The Morgan fingerprint density at radius 2 is 1.85 bits per heavy atom. The van der Waals surface area contributed by atoms with Crippen molar-refractivity contribution in [1.29, 1.82) is 0 Å². The molecule has 0 saturated carbocycles. The van der Waals surface area contributed by atoms with E-state index in [1.54, 1.807) is 13.3 Å². The number of ether oxygens (including phenoxy) is 1. The molecule has 3 heterocycles. The fourth-order valence-corrected chi connectivity index (χ4v) is 5.44. The van der Waals surface area contributed by atoms with E-state index in [9.17, 15) is 4.79 Å². The highest BCUT2D eigenvalue weighted by Crippen LogP contribution is 2.31. The normalized spacial score (nSPS) is 15.5. The SMILES string of the molecule is COc1ccc(-n2c(SCC(=O)c3c[nH]c4ccccc34)nnc2[C@@H](C)N2CCCCC2)cc1. The number of thioether (sulfide) groups is 1. The van der Waals surface area contributed by atoms with Gasteiger partial charge in [0.2, 0.25) is 0 Å². The van der Waals surface area contributed by atoms with Crippen molar-refractivity contribution in [2.24, 2.45) is 0 Å². The van der Waals surface area contributed by atoms with Crippen LogP contribution >= 0.6 is 11.8 Å². The average molecular weight is 476 g/mol. The summed E-state index contributed by atoms with van der Waals surface area (Å²) in [6.45, 7) is 4.33. The van der Waals surface area contributed by atoms with E-state index in [0.717, 1.165) is 46.4 Å². The zero-order valence-corrected chi connectivity index (χ0v) is 20.3. The molecule has 7 nitrogen and oxygen atoms in total. The van der Waals surface area contributed by atoms with Crippen molar-refractivity contribution < 1.29 is 9.53 Å². The largest absolute Gasteiger partial charge is 0.497 e. The minimum Gasteiger partial charge on any atom is -0.497 e. The van der Waals surface area contributed by atoms with Gasteiger partial charge in [0.15, 0.2) is 16.8 Å². The third-order valence-electron chi connectivity index (χ3n) is 6.52. The Kier molecular flexibility index (Phi) is 6.69. The Balaban J connectivity index is 1.43. The summed E-state index contributed by atoms with van der Waals surface area (Å²) in [6, 6.07) is 15.9. The van der Waals surface area contributed by atoms with Crippen LogP contribution in [0.1, 0.15) is 48.4 Å². The van der Waals surface area contributed by atoms with Gasteiger partial charge in [-0.25, -0.2) is 0 Å². The van der Waals surface area contributed by atoms with Crippen LogP contribution in [0.2, 0.25) is 0 Å². The van der Waals surface area contributed by atoms with Crippen molar-refractivity contribution in [2.45, 2.75) is 37.4 Å². The number of piperidine rings is 1. The summed E-state index contributed by atoms with van der Waals surface area (Å²) in [5.74, 6) is 2.05. The summed E-state index contributed by atoms with van der Waals surface area (Å²) in [7, 11) is 1.66. The van der Waals surface area contributed by atoms with Gasteiger partial charge >= 0.3 is 0 Å². The summed E-state index contributed by atoms with van der Waals surface area (Å²) >= 11 is 1.43. The number of hydrogen-bond acceptors (Lipinski definition) is 6. The Labute approximate surface area is 203 Å². The van der Waals surface area contributed by atoms with Crippen molar-refractivity contribution in [2.75, 3.05) is 26.0 Å². The van der Waals surface area contributed by atoms with Crippen LogP contribution in [0.15, 0.2) is 59.9 Å². The maximum absolute atomic E-state index is 13.1. The summed E-state index contributed by atoms with van der Waals surface area (Å²) < 4.78 is 7.43. The van der Waals surface area contributed by atoms with E-state index >= 15 is 0 Å². The first kappa shape index (κ1) is 22.7. The molecule has 1 saturated heterocycles. The van der Waals surface area contributed by atoms with Gasteiger partial charge in [0.25, 0.3) is 0 Å². The fourth-order valence-electron chi connectivity index (χ4n) is 4.60. The number of carbonyl (C=O) groups excluding carboxylic acids is 1. The van der Waals surface area contributed by atoms with Crippen molar-refractivity contribution in [3.8, 4) is 11.4 Å². The molecule has 0 bridgehead atoms. The number of methoxy groups -OCH3 is 1. The molecule has 34 heavy (non-hydrogen) atoms. The molecule has 4 aromatic rings. The van der Waals surface area contributed by atoms with E-state index in [1.165, 1.54) is 31.0 Å². The molecule has 8 heteroatoms. The Morgan fingerprint density at radius 1 is 1.09 bits per heavy atom. The van der Waals surface area contributed by atoms with E-state index in [0.29, 0.717) is 5.56 Å². The van der Waals surface area contributed by atoms with Gasteiger partial charge in [0.05, 0.1) is 18.9 Å². The number of H-pyrrole nitrogens is 1. The maximum atomic E-state index is 13.1. The predicted octanol–water partition coefficient (Wildman–Crippen LogP) is 5.28. The predicted molar refractivity (Wildman–Crippen MR) is 135 cm³/mol. The molecule has 1 aliphatic rings. The number of nitrogens with one attached hydrogen (secondary N) is 1. The molecule has 5 rings (SSSR count). The van der Waals surface area contributed by atoms with Crippen LogP contribution in [0.4, 0.5) is 0 Å². The lowest BCUT2D eigenvalue weighted by Crippen LogP contribution is -2.33. The van der Waals surface area contributed by atoms with E-state index in [2.05, 4.69) is 31.6 Å². The molecule has 1 fully saturated rings. The van der Waals surface area contributed by atoms with Crippen LogP contribution in [-0.4, -0.2) is 56.4 Å². The fraction of sp³-hybridized carbons (Fsp3) is 0.346. The highest BCUT2D eigenvalue weighted by atomic mass is 32.2. The van der Waals surface area contributed by atoms with Crippen molar-refractivity contribution in [3.05, 3.63) is 66.1 Å². The summed E-state index contributed by atoms with van der Waals surface area (Å²) in [6.07, 6.45) is 5.50. The van der Waals surface area contributed by atoms with Crippen LogP contribution in [-0.2, 0) is 0 Å². The lowest BCUT2D eigenvalue weighted by Gasteiger charge is -2.31. The number of ketones is 1. The van der Waals surface area contributed by atoms with Crippen LogP contribution < -0.4 is 4.74 Å². The molecule has 1 N–H and O–H groups in total. The Bertz CT molecular complexity index is 1270. The Hall–Kier alpha value is -3.10. The van der Waals surface area contributed by atoms with E-state index in [-0.39, 0.29) is 17.6 Å². The molecule has 1 atom stereocenters.